The molecule has 3 aromatic carbocycles. The Morgan fingerprint density at radius 1 is 0.963 bits per heavy atom. The molecular weight excluding hydrogens is 354 g/mol. The average Bonchev–Trinajstić information content (AvgIpc) is 2.72. The van der Waals surface area contributed by atoms with Gasteiger partial charge in [0.15, 0.2) is 0 Å². The molecule has 0 heterocycles. The minimum atomic E-state index is -0.0846. The molecule has 0 saturated carbocycles. The van der Waals surface area contributed by atoms with Crippen molar-refractivity contribution >= 4 is 17.7 Å². The number of benzene rings is 3. The van der Waals surface area contributed by atoms with Crippen LogP contribution < -0.4 is 10.1 Å². The van der Waals surface area contributed by atoms with Gasteiger partial charge in [-0.15, -0.1) is 11.8 Å². The number of hydrogen-bond acceptors (Lipinski definition) is 3. The van der Waals surface area contributed by atoms with Crippen LogP contribution in [0.1, 0.15) is 27.0 Å². The summed E-state index contributed by atoms with van der Waals surface area (Å²) in [6, 6.07) is 24.0. The highest BCUT2D eigenvalue weighted by Gasteiger charge is 2.07. The monoisotopic (exact) mass is 377 g/mol. The Morgan fingerprint density at radius 2 is 1.67 bits per heavy atom. The summed E-state index contributed by atoms with van der Waals surface area (Å²) >= 11 is 1.79. The molecule has 0 atom stereocenters. The average molecular weight is 378 g/mol. The Morgan fingerprint density at radius 3 is 2.37 bits per heavy atom. The summed E-state index contributed by atoms with van der Waals surface area (Å²) < 4.78 is 5.32. The molecule has 0 unspecified atom stereocenters. The lowest BCUT2D eigenvalue weighted by molar-refractivity contribution is 0.0950. The number of para-hydroxylation sites is 1. The topological polar surface area (TPSA) is 38.3 Å². The largest absolute Gasteiger partial charge is 0.496 e. The lowest BCUT2D eigenvalue weighted by atomic mass is 10.1. The zero-order valence-electron chi connectivity index (χ0n) is 15.6. The fraction of sp³-hybridized carbons (Fsp3) is 0.174. The predicted octanol–water partition coefficient (Wildman–Crippen LogP) is 5.23. The Labute approximate surface area is 164 Å². The van der Waals surface area contributed by atoms with Crippen LogP contribution in [0.3, 0.4) is 0 Å². The van der Waals surface area contributed by atoms with Gasteiger partial charge in [-0.2, -0.15) is 0 Å². The first-order chi connectivity index (χ1) is 13.2. The van der Waals surface area contributed by atoms with Crippen LogP contribution in [0, 0.1) is 6.92 Å². The molecule has 138 valence electrons. The first-order valence-corrected chi connectivity index (χ1v) is 9.83. The van der Waals surface area contributed by atoms with Gasteiger partial charge < -0.3 is 10.1 Å². The van der Waals surface area contributed by atoms with E-state index in [2.05, 4.69) is 36.5 Å². The van der Waals surface area contributed by atoms with Gasteiger partial charge >= 0.3 is 0 Å². The van der Waals surface area contributed by atoms with Crippen LogP contribution in [0.2, 0.25) is 0 Å². The van der Waals surface area contributed by atoms with E-state index in [1.54, 1.807) is 18.9 Å². The van der Waals surface area contributed by atoms with E-state index in [0.717, 1.165) is 17.1 Å². The van der Waals surface area contributed by atoms with E-state index in [1.165, 1.54) is 16.0 Å². The van der Waals surface area contributed by atoms with Crippen molar-refractivity contribution in [3.63, 3.8) is 0 Å². The number of aryl methyl sites for hydroxylation is 1. The molecule has 1 N–H and O–H groups in total. The number of amides is 1. The molecule has 0 aliphatic heterocycles. The molecular formula is C23H23NO2S. The van der Waals surface area contributed by atoms with Gasteiger partial charge in [0.1, 0.15) is 5.75 Å². The summed E-state index contributed by atoms with van der Waals surface area (Å²) in [5.41, 5.74) is 4.08. The van der Waals surface area contributed by atoms with E-state index in [9.17, 15) is 4.79 Å². The molecule has 0 bridgehead atoms. The normalized spacial score (nSPS) is 10.4. The van der Waals surface area contributed by atoms with Crippen molar-refractivity contribution in [3.8, 4) is 5.75 Å². The summed E-state index contributed by atoms with van der Waals surface area (Å²) in [4.78, 5) is 13.6. The molecule has 0 radical (unpaired) electrons. The summed E-state index contributed by atoms with van der Waals surface area (Å²) in [6.45, 7) is 2.53. The Balaban J connectivity index is 1.54. The van der Waals surface area contributed by atoms with E-state index in [1.807, 2.05) is 48.5 Å². The molecule has 0 fully saturated rings. The molecule has 3 aromatic rings. The molecule has 0 saturated heterocycles. The minimum Gasteiger partial charge on any atom is -0.496 e. The first-order valence-electron chi connectivity index (χ1n) is 8.84. The molecule has 0 aliphatic carbocycles. The molecule has 3 rings (SSSR count). The van der Waals surface area contributed by atoms with Crippen molar-refractivity contribution in [2.45, 2.75) is 24.1 Å². The third-order valence-electron chi connectivity index (χ3n) is 4.27. The summed E-state index contributed by atoms with van der Waals surface area (Å²) in [5, 5.41) is 2.95. The highest BCUT2D eigenvalue weighted by Crippen LogP contribution is 2.23. The van der Waals surface area contributed by atoms with Crippen LogP contribution in [0.25, 0.3) is 0 Å². The zero-order chi connectivity index (χ0) is 19.1. The second kappa shape index (κ2) is 9.28. The SMILES string of the molecule is COc1ccccc1CNC(=O)c1ccc(CSc2ccc(C)cc2)cc1. The van der Waals surface area contributed by atoms with Crippen molar-refractivity contribution in [1.82, 2.24) is 5.32 Å². The predicted molar refractivity (Wildman–Crippen MR) is 111 cm³/mol. The second-order valence-electron chi connectivity index (χ2n) is 6.29. The van der Waals surface area contributed by atoms with Crippen LogP contribution in [0.15, 0.2) is 77.7 Å². The highest BCUT2D eigenvalue weighted by molar-refractivity contribution is 7.98. The maximum Gasteiger partial charge on any atom is 0.251 e. The number of ether oxygens (including phenoxy) is 1. The van der Waals surface area contributed by atoms with Crippen molar-refractivity contribution in [3.05, 3.63) is 95.1 Å². The van der Waals surface area contributed by atoms with Crippen molar-refractivity contribution in [2.24, 2.45) is 0 Å². The minimum absolute atomic E-state index is 0.0846. The van der Waals surface area contributed by atoms with Gasteiger partial charge in [-0.3, -0.25) is 4.79 Å². The van der Waals surface area contributed by atoms with Crippen LogP contribution in [-0.2, 0) is 12.3 Å². The number of thioether (sulfide) groups is 1. The Kier molecular flexibility index (Phi) is 6.55. The number of carbonyl (C=O) groups is 1. The van der Waals surface area contributed by atoms with Crippen molar-refractivity contribution in [2.75, 3.05) is 7.11 Å². The fourth-order valence-corrected chi connectivity index (χ4v) is 3.53. The van der Waals surface area contributed by atoms with E-state index in [-0.39, 0.29) is 5.91 Å². The van der Waals surface area contributed by atoms with Crippen molar-refractivity contribution < 1.29 is 9.53 Å². The van der Waals surface area contributed by atoms with Crippen LogP contribution >= 0.6 is 11.8 Å². The summed E-state index contributed by atoms with van der Waals surface area (Å²) in [5.74, 6) is 1.58. The van der Waals surface area contributed by atoms with E-state index >= 15 is 0 Å². The molecule has 0 aliphatic rings. The zero-order valence-corrected chi connectivity index (χ0v) is 16.4. The van der Waals surface area contributed by atoms with Gasteiger partial charge in [-0.25, -0.2) is 0 Å². The maximum atomic E-state index is 12.4. The van der Waals surface area contributed by atoms with E-state index < -0.39 is 0 Å². The van der Waals surface area contributed by atoms with Crippen LogP contribution in [0.5, 0.6) is 5.75 Å². The van der Waals surface area contributed by atoms with Crippen LogP contribution in [-0.4, -0.2) is 13.0 Å². The van der Waals surface area contributed by atoms with Crippen LogP contribution in [0.4, 0.5) is 0 Å². The quantitative estimate of drug-likeness (QED) is 0.573. The Hall–Kier alpha value is -2.72. The maximum absolute atomic E-state index is 12.4. The first kappa shape index (κ1) is 19.1. The molecule has 1 amide bonds. The van der Waals surface area contributed by atoms with Gasteiger partial charge in [0, 0.05) is 28.3 Å². The molecule has 0 aromatic heterocycles. The molecule has 27 heavy (non-hydrogen) atoms. The lowest BCUT2D eigenvalue weighted by Crippen LogP contribution is -2.23. The van der Waals surface area contributed by atoms with Crippen molar-refractivity contribution in [1.29, 1.82) is 0 Å². The number of rotatable bonds is 7. The molecule has 0 spiro atoms. The highest BCUT2D eigenvalue weighted by atomic mass is 32.2. The third kappa shape index (κ3) is 5.38. The number of hydrogen-bond donors (Lipinski definition) is 1. The lowest BCUT2D eigenvalue weighted by Gasteiger charge is -2.10. The van der Waals surface area contributed by atoms with E-state index in [4.69, 9.17) is 4.74 Å². The molecule has 3 nitrogen and oxygen atoms in total. The summed E-state index contributed by atoms with van der Waals surface area (Å²) in [6.07, 6.45) is 0. The second-order valence-corrected chi connectivity index (χ2v) is 7.34. The smallest absolute Gasteiger partial charge is 0.251 e. The van der Waals surface area contributed by atoms with Gasteiger partial charge in [-0.05, 0) is 42.8 Å². The number of nitrogens with one attached hydrogen (secondary N) is 1. The number of carbonyl (C=O) groups excluding carboxylic acids is 1. The van der Waals surface area contributed by atoms with Gasteiger partial charge in [-0.1, -0.05) is 48.0 Å². The number of methoxy groups -OCH3 is 1. The van der Waals surface area contributed by atoms with Gasteiger partial charge in [0.05, 0.1) is 7.11 Å². The standard InChI is InChI=1S/C23H23NO2S/c1-17-7-13-21(14-8-17)27-16-18-9-11-19(12-10-18)23(25)24-15-20-5-3-4-6-22(20)26-2/h3-14H,15-16H2,1-2H3,(H,24,25). The summed E-state index contributed by atoms with van der Waals surface area (Å²) in [7, 11) is 1.63. The van der Waals surface area contributed by atoms with Gasteiger partial charge in [0.2, 0.25) is 0 Å². The molecule has 4 heteroatoms. The Bertz CT molecular complexity index is 889. The van der Waals surface area contributed by atoms with E-state index in [0.29, 0.717) is 12.1 Å². The van der Waals surface area contributed by atoms with Gasteiger partial charge in [0.25, 0.3) is 5.91 Å². The fourth-order valence-electron chi connectivity index (χ4n) is 2.68. The third-order valence-corrected chi connectivity index (χ3v) is 5.36.